The third-order valence-corrected chi connectivity index (χ3v) is 5.28. The zero-order valence-corrected chi connectivity index (χ0v) is 14.4. The molecule has 1 atom stereocenters. The highest BCUT2D eigenvalue weighted by molar-refractivity contribution is 7.15. The highest BCUT2D eigenvalue weighted by atomic mass is 32.1. The lowest BCUT2D eigenvalue weighted by Crippen LogP contribution is -2.25. The molecule has 0 radical (unpaired) electrons. The summed E-state index contributed by atoms with van der Waals surface area (Å²) in [5.74, 6) is 0.837. The zero-order chi connectivity index (χ0) is 17.5. The van der Waals surface area contributed by atoms with Gasteiger partial charge in [0.05, 0.1) is 4.53 Å². The second-order valence-electron chi connectivity index (χ2n) is 5.96. The maximum absolute atomic E-state index is 12.5. The summed E-state index contributed by atoms with van der Waals surface area (Å²) in [5.41, 5.74) is 2.81. The van der Waals surface area contributed by atoms with Crippen LogP contribution in [0.3, 0.4) is 0 Å². The van der Waals surface area contributed by atoms with Crippen LogP contribution in [0.5, 0.6) is 5.75 Å². The van der Waals surface area contributed by atoms with Crippen molar-refractivity contribution in [3.63, 3.8) is 0 Å². The van der Waals surface area contributed by atoms with Crippen molar-refractivity contribution in [2.24, 2.45) is 0 Å². The molecule has 0 fully saturated rings. The van der Waals surface area contributed by atoms with Crippen molar-refractivity contribution in [3.05, 3.63) is 92.5 Å². The fourth-order valence-electron chi connectivity index (χ4n) is 3.09. The Kier molecular flexibility index (Phi) is 3.43. The first-order valence-electron chi connectivity index (χ1n) is 8.16. The number of benzene rings is 2. The van der Waals surface area contributed by atoms with Gasteiger partial charge in [-0.3, -0.25) is 4.79 Å². The molecule has 2 aromatic heterocycles. The van der Waals surface area contributed by atoms with Gasteiger partial charge in [0.15, 0.2) is 0 Å². The SMILES string of the molecule is O=c1c(=CC2=Cc3ccccc3OC2c2ccccc2)sc2ncnn12. The lowest BCUT2D eigenvalue weighted by molar-refractivity contribution is 0.244. The van der Waals surface area contributed by atoms with E-state index in [1.165, 1.54) is 22.2 Å². The molecule has 5 rings (SSSR count). The lowest BCUT2D eigenvalue weighted by Gasteiger charge is -2.26. The number of aromatic nitrogens is 3. The maximum atomic E-state index is 12.5. The summed E-state index contributed by atoms with van der Waals surface area (Å²) in [6, 6.07) is 17.9. The molecule has 6 heteroatoms. The van der Waals surface area contributed by atoms with E-state index in [-0.39, 0.29) is 11.7 Å². The zero-order valence-electron chi connectivity index (χ0n) is 13.6. The molecule has 1 aliphatic heterocycles. The molecule has 0 bridgehead atoms. The summed E-state index contributed by atoms with van der Waals surface area (Å²) >= 11 is 1.33. The summed E-state index contributed by atoms with van der Waals surface area (Å²) in [6.45, 7) is 0. The Morgan fingerprint density at radius 1 is 1.08 bits per heavy atom. The van der Waals surface area contributed by atoms with E-state index < -0.39 is 0 Å². The van der Waals surface area contributed by atoms with Crippen LogP contribution in [-0.4, -0.2) is 14.6 Å². The van der Waals surface area contributed by atoms with E-state index in [1.54, 1.807) is 0 Å². The van der Waals surface area contributed by atoms with Crippen LogP contribution in [0.1, 0.15) is 17.2 Å². The molecule has 0 N–H and O–H groups in total. The average molecular weight is 359 g/mol. The fraction of sp³-hybridized carbons (Fsp3) is 0.0500. The Morgan fingerprint density at radius 3 is 2.73 bits per heavy atom. The molecule has 126 valence electrons. The number of fused-ring (bicyclic) bond motifs is 2. The molecular formula is C20H13N3O2S. The van der Waals surface area contributed by atoms with Crippen LogP contribution >= 0.6 is 11.3 Å². The number of nitrogens with zero attached hydrogens (tertiary/aromatic N) is 3. The van der Waals surface area contributed by atoms with Gasteiger partial charge in [-0.05, 0) is 29.4 Å². The largest absolute Gasteiger partial charge is 0.480 e. The van der Waals surface area contributed by atoms with Gasteiger partial charge in [-0.15, -0.1) is 0 Å². The smallest absolute Gasteiger partial charge is 0.291 e. The molecule has 0 aliphatic carbocycles. The average Bonchev–Trinajstić information content (AvgIpc) is 3.25. The van der Waals surface area contributed by atoms with Gasteiger partial charge in [-0.1, -0.05) is 59.9 Å². The highest BCUT2D eigenvalue weighted by Crippen LogP contribution is 2.37. The van der Waals surface area contributed by atoms with E-state index in [0.717, 1.165) is 22.4 Å². The van der Waals surface area contributed by atoms with Crippen molar-refractivity contribution in [3.8, 4) is 5.75 Å². The van der Waals surface area contributed by atoms with Gasteiger partial charge >= 0.3 is 0 Å². The Morgan fingerprint density at radius 2 is 1.88 bits per heavy atom. The highest BCUT2D eigenvalue weighted by Gasteiger charge is 2.23. The second kappa shape index (κ2) is 5.93. The van der Waals surface area contributed by atoms with Crippen LogP contribution in [0, 0.1) is 0 Å². The van der Waals surface area contributed by atoms with E-state index in [1.807, 2.05) is 60.7 Å². The van der Waals surface area contributed by atoms with Crippen molar-refractivity contribution in [2.45, 2.75) is 6.10 Å². The maximum Gasteiger partial charge on any atom is 0.291 e. The van der Waals surface area contributed by atoms with E-state index >= 15 is 0 Å². The third kappa shape index (κ3) is 2.43. The van der Waals surface area contributed by atoms with Crippen LogP contribution in [-0.2, 0) is 0 Å². The van der Waals surface area contributed by atoms with Gasteiger partial charge in [0, 0.05) is 5.56 Å². The molecule has 0 saturated heterocycles. The Hall–Kier alpha value is -3.25. The molecule has 1 aliphatic rings. The van der Waals surface area contributed by atoms with E-state index in [2.05, 4.69) is 16.2 Å². The second-order valence-corrected chi connectivity index (χ2v) is 6.97. The molecule has 5 nitrogen and oxygen atoms in total. The van der Waals surface area contributed by atoms with E-state index in [0.29, 0.717) is 9.49 Å². The molecule has 4 aromatic rings. The predicted octanol–water partition coefficient (Wildman–Crippen LogP) is 2.87. The quantitative estimate of drug-likeness (QED) is 0.552. The molecular weight excluding hydrogens is 346 g/mol. The predicted molar refractivity (Wildman–Crippen MR) is 101 cm³/mol. The number of hydrogen-bond donors (Lipinski definition) is 0. The molecule has 0 saturated carbocycles. The standard InChI is InChI=1S/C20H13N3O2S/c24-19-17(26-20-21-12-22-23(19)20)11-15-10-14-8-4-5-9-16(14)25-18(15)13-6-2-1-3-7-13/h1-12,18H. The normalized spacial score (nSPS) is 17.0. The Bertz CT molecular complexity index is 1240. The van der Waals surface area contributed by atoms with Crippen molar-refractivity contribution >= 4 is 28.4 Å². The Labute approximate surface area is 152 Å². The van der Waals surface area contributed by atoms with E-state index in [9.17, 15) is 4.79 Å². The number of ether oxygens (including phenoxy) is 1. The first-order chi connectivity index (χ1) is 12.8. The number of rotatable bonds is 2. The Balaban J connectivity index is 1.71. The molecule has 2 aromatic carbocycles. The molecule has 0 amide bonds. The first-order valence-corrected chi connectivity index (χ1v) is 8.98. The van der Waals surface area contributed by atoms with Gasteiger partial charge in [0.25, 0.3) is 5.56 Å². The van der Waals surface area contributed by atoms with Gasteiger partial charge in [0.1, 0.15) is 18.2 Å². The molecule has 1 unspecified atom stereocenters. The minimum atomic E-state index is -0.270. The molecule has 3 heterocycles. The van der Waals surface area contributed by atoms with Crippen molar-refractivity contribution < 1.29 is 4.74 Å². The van der Waals surface area contributed by atoms with Crippen LogP contribution in [0.2, 0.25) is 0 Å². The van der Waals surface area contributed by atoms with Crippen LogP contribution in [0.15, 0.2) is 71.3 Å². The van der Waals surface area contributed by atoms with Crippen molar-refractivity contribution in [1.29, 1.82) is 0 Å². The lowest BCUT2D eigenvalue weighted by atomic mass is 9.96. The summed E-state index contributed by atoms with van der Waals surface area (Å²) in [6.07, 6.45) is 5.08. The van der Waals surface area contributed by atoms with E-state index in [4.69, 9.17) is 4.74 Å². The first kappa shape index (κ1) is 15.0. The van der Waals surface area contributed by atoms with Gasteiger partial charge in [-0.25, -0.2) is 4.98 Å². The van der Waals surface area contributed by atoms with Crippen LogP contribution < -0.4 is 14.8 Å². The topological polar surface area (TPSA) is 56.5 Å². The summed E-state index contributed by atoms with van der Waals surface area (Å²) in [7, 11) is 0. The minimum absolute atomic E-state index is 0.158. The summed E-state index contributed by atoms with van der Waals surface area (Å²) in [4.78, 5) is 17.2. The minimum Gasteiger partial charge on any atom is -0.480 e. The number of para-hydroxylation sites is 1. The monoisotopic (exact) mass is 359 g/mol. The summed E-state index contributed by atoms with van der Waals surface area (Å²) < 4.78 is 8.18. The number of hydrogen-bond acceptors (Lipinski definition) is 5. The molecule has 26 heavy (non-hydrogen) atoms. The summed E-state index contributed by atoms with van der Waals surface area (Å²) in [5, 5.41) is 3.98. The number of thiazole rings is 1. The van der Waals surface area contributed by atoms with Crippen molar-refractivity contribution in [1.82, 2.24) is 14.6 Å². The van der Waals surface area contributed by atoms with Gasteiger partial charge < -0.3 is 4.74 Å². The molecule has 0 spiro atoms. The van der Waals surface area contributed by atoms with Gasteiger partial charge in [0.2, 0.25) is 4.96 Å². The van der Waals surface area contributed by atoms with Gasteiger partial charge in [-0.2, -0.15) is 9.61 Å². The third-order valence-electron chi connectivity index (χ3n) is 4.31. The van der Waals surface area contributed by atoms with Crippen LogP contribution in [0.4, 0.5) is 0 Å². The fourth-order valence-corrected chi connectivity index (χ4v) is 3.97. The van der Waals surface area contributed by atoms with Crippen LogP contribution in [0.25, 0.3) is 17.1 Å². The van der Waals surface area contributed by atoms with Crippen molar-refractivity contribution in [2.75, 3.05) is 0 Å².